The van der Waals surface area contributed by atoms with Gasteiger partial charge in [-0.3, -0.25) is 15.1 Å². The lowest BCUT2D eigenvalue weighted by atomic mass is 9.98. The van der Waals surface area contributed by atoms with E-state index < -0.39 is 0 Å². The van der Waals surface area contributed by atoms with Crippen LogP contribution in [0.25, 0.3) is 6.08 Å². The van der Waals surface area contributed by atoms with Gasteiger partial charge in [0.2, 0.25) is 0 Å². The second-order valence-electron chi connectivity index (χ2n) is 7.71. The molecular formula is C25H23N5OS. The number of fused-ring (bicyclic) bond motifs is 1. The standard InChI is InChI=1S/C25H23N5OS/c31-24(23-6-3-15-30(23)16-18-11-13-26-14-12-18)29-25-28-21(17-32-25)10-9-20-8-7-19-4-1-2-5-22(19)27-20/h1-6,9-15,17,20,27H,7-8,16H2,(H,28,29,31)/b10-9+. The number of para-hydroxylation sites is 1. The lowest BCUT2D eigenvalue weighted by Gasteiger charge is -2.24. The van der Waals surface area contributed by atoms with Crippen LogP contribution in [0.3, 0.4) is 0 Å². The predicted octanol–water partition coefficient (Wildman–Crippen LogP) is 5.08. The zero-order chi connectivity index (χ0) is 21.8. The summed E-state index contributed by atoms with van der Waals surface area (Å²) in [6.07, 6.45) is 11.7. The Morgan fingerprint density at radius 1 is 1.19 bits per heavy atom. The second kappa shape index (κ2) is 9.20. The molecular weight excluding hydrogens is 418 g/mol. The van der Waals surface area contributed by atoms with Crippen LogP contribution >= 0.6 is 11.3 Å². The molecule has 1 atom stereocenters. The molecule has 4 heterocycles. The van der Waals surface area contributed by atoms with E-state index in [-0.39, 0.29) is 11.9 Å². The van der Waals surface area contributed by atoms with Crippen molar-refractivity contribution in [3.05, 3.63) is 101 Å². The van der Waals surface area contributed by atoms with E-state index in [1.54, 1.807) is 12.4 Å². The van der Waals surface area contributed by atoms with Gasteiger partial charge in [-0.2, -0.15) is 0 Å². The third-order valence-corrected chi connectivity index (χ3v) is 6.27. The first kappa shape index (κ1) is 20.2. The zero-order valence-corrected chi connectivity index (χ0v) is 18.3. The Labute approximate surface area is 190 Å². The molecule has 5 rings (SSSR count). The molecule has 0 saturated carbocycles. The highest BCUT2D eigenvalue weighted by Gasteiger charge is 2.15. The summed E-state index contributed by atoms with van der Waals surface area (Å²) in [5.74, 6) is -0.167. The van der Waals surface area contributed by atoms with Gasteiger partial charge in [-0.05, 0) is 60.4 Å². The molecule has 6 nitrogen and oxygen atoms in total. The van der Waals surface area contributed by atoms with Crippen molar-refractivity contribution in [1.29, 1.82) is 0 Å². The van der Waals surface area contributed by atoms with Crippen LogP contribution in [0.1, 0.15) is 33.7 Å². The molecule has 0 saturated heterocycles. The SMILES string of the molecule is O=C(Nc1nc(/C=C/C2CCc3ccccc3N2)cs1)c1cccn1Cc1ccncc1. The second-order valence-corrected chi connectivity index (χ2v) is 8.57. The number of amides is 1. The van der Waals surface area contributed by atoms with Crippen molar-refractivity contribution >= 4 is 34.1 Å². The van der Waals surface area contributed by atoms with Gasteiger partial charge in [0.05, 0.1) is 5.69 Å². The van der Waals surface area contributed by atoms with Crippen molar-refractivity contribution in [2.75, 3.05) is 10.6 Å². The van der Waals surface area contributed by atoms with E-state index in [1.165, 1.54) is 22.6 Å². The lowest BCUT2D eigenvalue weighted by molar-refractivity contribution is 0.101. The summed E-state index contributed by atoms with van der Waals surface area (Å²) in [6.45, 7) is 0.613. The largest absolute Gasteiger partial charge is 0.379 e. The molecule has 0 aliphatic carbocycles. The van der Waals surface area contributed by atoms with Gasteiger partial charge in [0.15, 0.2) is 5.13 Å². The topological polar surface area (TPSA) is 71.8 Å². The van der Waals surface area contributed by atoms with Crippen LogP contribution in [0.15, 0.2) is 78.6 Å². The molecule has 4 aromatic rings. The summed E-state index contributed by atoms with van der Waals surface area (Å²) in [5.41, 5.74) is 5.10. The molecule has 1 amide bonds. The maximum atomic E-state index is 12.8. The van der Waals surface area contributed by atoms with Gasteiger partial charge in [-0.15, -0.1) is 11.3 Å². The van der Waals surface area contributed by atoms with Crippen molar-refractivity contribution in [2.45, 2.75) is 25.4 Å². The minimum Gasteiger partial charge on any atom is -0.379 e. The highest BCUT2D eigenvalue weighted by molar-refractivity contribution is 7.14. The van der Waals surface area contributed by atoms with Gasteiger partial charge >= 0.3 is 0 Å². The summed E-state index contributed by atoms with van der Waals surface area (Å²) in [4.78, 5) is 21.4. The van der Waals surface area contributed by atoms with Crippen LogP contribution in [0.5, 0.6) is 0 Å². The van der Waals surface area contributed by atoms with Gasteiger partial charge in [0.1, 0.15) is 5.69 Å². The van der Waals surface area contributed by atoms with Crippen LogP contribution in [0.2, 0.25) is 0 Å². The minimum atomic E-state index is -0.167. The first-order valence-electron chi connectivity index (χ1n) is 10.6. The molecule has 1 aliphatic rings. The van der Waals surface area contributed by atoms with E-state index >= 15 is 0 Å². The Hall–Kier alpha value is -3.71. The van der Waals surface area contributed by atoms with Crippen molar-refractivity contribution in [2.24, 2.45) is 0 Å². The molecule has 1 unspecified atom stereocenters. The maximum absolute atomic E-state index is 12.8. The maximum Gasteiger partial charge on any atom is 0.274 e. The number of aryl methyl sites for hydroxylation is 1. The number of carbonyl (C=O) groups excluding carboxylic acids is 1. The average molecular weight is 442 g/mol. The molecule has 2 N–H and O–H groups in total. The third kappa shape index (κ3) is 4.63. The summed E-state index contributed by atoms with van der Waals surface area (Å²) in [7, 11) is 0. The fraction of sp³-hybridized carbons (Fsp3) is 0.160. The number of nitrogens with one attached hydrogen (secondary N) is 2. The Morgan fingerprint density at radius 3 is 2.97 bits per heavy atom. The monoisotopic (exact) mass is 441 g/mol. The number of hydrogen-bond donors (Lipinski definition) is 2. The molecule has 160 valence electrons. The van der Waals surface area contributed by atoms with E-state index in [4.69, 9.17) is 0 Å². The number of anilines is 2. The Kier molecular flexibility index (Phi) is 5.81. The van der Waals surface area contributed by atoms with E-state index in [9.17, 15) is 4.79 Å². The van der Waals surface area contributed by atoms with E-state index in [1.807, 2.05) is 46.5 Å². The molecule has 32 heavy (non-hydrogen) atoms. The van der Waals surface area contributed by atoms with E-state index in [0.717, 1.165) is 24.1 Å². The first-order chi connectivity index (χ1) is 15.7. The Morgan fingerprint density at radius 2 is 2.06 bits per heavy atom. The summed E-state index contributed by atoms with van der Waals surface area (Å²) >= 11 is 1.43. The minimum absolute atomic E-state index is 0.167. The van der Waals surface area contributed by atoms with E-state index in [2.05, 4.69) is 50.9 Å². The number of thiazole rings is 1. The molecule has 0 spiro atoms. The summed E-state index contributed by atoms with van der Waals surface area (Å²) in [6, 6.07) is 16.3. The van der Waals surface area contributed by atoms with Crippen molar-refractivity contribution < 1.29 is 4.79 Å². The highest BCUT2D eigenvalue weighted by atomic mass is 32.1. The molecule has 1 aliphatic heterocycles. The number of rotatable bonds is 6. The quantitative estimate of drug-likeness (QED) is 0.438. The molecule has 1 aromatic carbocycles. The van der Waals surface area contributed by atoms with Crippen LogP contribution < -0.4 is 10.6 Å². The number of benzene rings is 1. The average Bonchev–Trinajstić information content (AvgIpc) is 3.47. The number of hydrogen-bond acceptors (Lipinski definition) is 5. The lowest BCUT2D eigenvalue weighted by Crippen LogP contribution is -2.23. The van der Waals surface area contributed by atoms with Gasteiger partial charge in [-0.1, -0.05) is 24.3 Å². The number of aromatic nitrogens is 3. The molecule has 0 radical (unpaired) electrons. The van der Waals surface area contributed by atoms with Gasteiger partial charge in [0, 0.05) is 42.2 Å². The fourth-order valence-electron chi connectivity index (χ4n) is 3.85. The van der Waals surface area contributed by atoms with Gasteiger partial charge < -0.3 is 9.88 Å². The summed E-state index contributed by atoms with van der Waals surface area (Å²) < 4.78 is 1.92. The fourth-order valence-corrected chi connectivity index (χ4v) is 4.52. The zero-order valence-electron chi connectivity index (χ0n) is 17.4. The van der Waals surface area contributed by atoms with Crippen molar-refractivity contribution in [3.8, 4) is 0 Å². The van der Waals surface area contributed by atoms with Crippen LogP contribution in [0, 0.1) is 0 Å². The Balaban J connectivity index is 1.21. The summed E-state index contributed by atoms with van der Waals surface area (Å²) in [5, 5.41) is 9.04. The van der Waals surface area contributed by atoms with Gasteiger partial charge in [0.25, 0.3) is 5.91 Å². The Bertz CT molecular complexity index is 1240. The highest BCUT2D eigenvalue weighted by Crippen LogP contribution is 2.25. The van der Waals surface area contributed by atoms with Crippen LogP contribution in [-0.4, -0.2) is 26.5 Å². The number of pyridine rings is 1. The molecule has 0 bridgehead atoms. The molecule has 7 heteroatoms. The van der Waals surface area contributed by atoms with Gasteiger partial charge in [-0.25, -0.2) is 4.98 Å². The van der Waals surface area contributed by atoms with Crippen molar-refractivity contribution in [3.63, 3.8) is 0 Å². The smallest absolute Gasteiger partial charge is 0.274 e. The molecule has 0 fully saturated rings. The normalized spacial score (nSPS) is 15.3. The van der Waals surface area contributed by atoms with Crippen LogP contribution in [-0.2, 0) is 13.0 Å². The third-order valence-electron chi connectivity index (χ3n) is 5.49. The predicted molar refractivity (Wildman–Crippen MR) is 129 cm³/mol. The van der Waals surface area contributed by atoms with E-state index in [0.29, 0.717) is 17.4 Å². The number of nitrogens with zero attached hydrogens (tertiary/aromatic N) is 3. The first-order valence-corrected chi connectivity index (χ1v) is 11.5. The van der Waals surface area contributed by atoms with Crippen molar-refractivity contribution in [1.82, 2.24) is 14.5 Å². The number of carbonyl (C=O) groups is 1. The molecule has 3 aromatic heterocycles. The van der Waals surface area contributed by atoms with Crippen LogP contribution in [0.4, 0.5) is 10.8 Å².